The topological polar surface area (TPSA) is 70.8 Å². The first kappa shape index (κ1) is 14.8. The first-order chi connectivity index (χ1) is 10.1. The molecule has 0 saturated carbocycles. The zero-order valence-electron chi connectivity index (χ0n) is 12.4. The fourth-order valence-corrected chi connectivity index (χ4v) is 1.77. The fourth-order valence-electron chi connectivity index (χ4n) is 1.77. The molecule has 21 heavy (non-hydrogen) atoms. The monoisotopic (exact) mass is 282 g/mol. The van der Waals surface area contributed by atoms with Crippen molar-refractivity contribution in [2.45, 2.75) is 26.7 Å². The maximum Gasteiger partial charge on any atom is 0.224 e. The van der Waals surface area contributed by atoms with Gasteiger partial charge in [0.2, 0.25) is 5.88 Å². The minimum absolute atomic E-state index is 0.205. The van der Waals surface area contributed by atoms with Crippen LogP contribution in [-0.4, -0.2) is 16.5 Å². The van der Waals surface area contributed by atoms with Crippen molar-refractivity contribution >= 4 is 5.82 Å². The average Bonchev–Trinajstić information content (AvgIpc) is 2.47. The van der Waals surface area contributed by atoms with E-state index in [2.05, 4.69) is 21.4 Å². The number of rotatable bonds is 5. The van der Waals surface area contributed by atoms with Gasteiger partial charge in [-0.05, 0) is 25.1 Å². The highest BCUT2D eigenvalue weighted by Crippen LogP contribution is 2.24. The van der Waals surface area contributed by atoms with E-state index < -0.39 is 0 Å². The summed E-state index contributed by atoms with van der Waals surface area (Å²) in [7, 11) is 0. The van der Waals surface area contributed by atoms with Gasteiger partial charge in [0, 0.05) is 18.5 Å². The predicted octanol–water partition coefficient (Wildman–Crippen LogP) is 3.70. The molecule has 1 aromatic heterocycles. The second kappa shape index (κ2) is 6.71. The first-order valence-corrected chi connectivity index (χ1v) is 6.93. The Kier molecular flexibility index (Phi) is 4.72. The normalized spacial score (nSPS) is 10.2. The van der Waals surface area contributed by atoms with Gasteiger partial charge in [-0.25, -0.2) is 4.98 Å². The minimum Gasteiger partial charge on any atom is -0.439 e. The molecule has 5 heteroatoms. The fraction of sp³-hybridized carbons (Fsp3) is 0.312. The molecule has 0 aliphatic carbocycles. The van der Waals surface area contributed by atoms with E-state index in [0.29, 0.717) is 17.2 Å². The Morgan fingerprint density at radius 2 is 2.10 bits per heavy atom. The molecular weight excluding hydrogens is 264 g/mol. The molecule has 1 N–H and O–H groups in total. The average molecular weight is 282 g/mol. The van der Waals surface area contributed by atoms with Gasteiger partial charge in [0.1, 0.15) is 17.4 Å². The van der Waals surface area contributed by atoms with Crippen molar-refractivity contribution < 1.29 is 4.74 Å². The molecule has 0 aliphatic heterocycles. The number of ether oxygens (including phenoxy) is 1. The van der Waals surface area contributed by atoms with Gasteiger partial charge < -0.3 is 10.1 Å². The molecule has 0 radical (unpaired) electrons. The van der Waals surface area contributed by atoms with Crippen LogP contribution in [0.4, 0.5) is 5.82 Å². The highest BCUT2D eigenvalue weighted by atomic mass is 16.5. The van der Waals surface area contributed by atoms with E-state index in [-0.39, 0.29) is 5.92 Å². The van der Waals surface area contributed by atoms with Crippen LogP contribution in [0.2, 0.25) is 0 Å². The summed E-state index contributed by atoms with van der Waals surface area (Å²) in [6.45, 7) is 6.85. The molecule has 108 valence electrons. The summed E-state index contributed by atoms with van der Waals surface area (Å²) in [5.41, 5.74) is 0.553. The number of hydrogen-bond acceptors (Lipinski definition) is 5. The van der Waals surface area contributed by atoms with E-state index in [1.807, 2.05) is 20.8 Å². The SMILES string of the molecule is CCNc1cc(Oc2cccc(C#N)c2)nc(C(C)C)n1. The van der Waals surface area contributed by atoms with Crippen LogP contribution in [0.5, 0.6) is 11.6 Å². The maximum atomic E-state index is 8.92. The molecule has 0 saturated heterocycles. The summed E-state index contributed by atoms with van der Waals surface area (Å²) in [6, 6.07) is 10.8. The molecule has 0 aliphatic rings. The lowest BCUT2D eigenvalue weighted by atomic mass is 10.2. The van der Waals surface area contributed by atoms with Gasteiger partial charge in [0.05, 0.1) is 11.6 Å². The number of aromatic nitrogens is 2. The van der Waals surface area contributed by atoms with Crippen LogP contribution in [-0.2, 0) is 0 Å². The lowest BCUT2D eigenvalue weighted by Gasteiger charge is -2.11. The molecule has 0 amide bonds. The van der Waals surface area contributed by atoms with Crippen molar-refractivity contribution in [3.8, 4) is 17.7 Å². The Bertz CT molecular complexity index is 662. The standard InChI is InChI=1S/C16H18N4O/c1-4-18-14-9-15(20-16(19-14)11(2)3)21-13-7-5-6-12(8-13)10-17/h5-9,11H,4H2,1-3H3,(H,18,19,20). The smallest absolute Gasteiger partial charge is 0.224 e. The van der Waals surface area contributed by atoms with Gasteiger partial charge in [-0.1, -0.05) is 19.9 Å². The van der Waals surface area contributed by atoms with Crippen LogP contribution >= 0.6 is 0 Å². The van der Waals surface area contributed by atoms with Crippen molar-refractivity contribution in [2.24, 2.45) is 0 Å². The lowest BCUT2D eigenvalue weighted by Crippen LogP contribution is -2.05. The molecule has 1 heterocycles. The summed E-state index contributed by atoms with van der Waals surface area (Å²) in [5.74, 6) is 2.73. The van der Waals surface area contributed by atoms with Crippen LogP contribution < -0.4 is 10.1 Å². The van der Waals surface area contributed by atoms with Gasteiger partial charge in [-0.3, -0.25) is 0 Å². The molecule has 0 atom stereocenters. The van der Waals surface area contributed by atoms with Crippen molar-refractivity contribution in [2.75, 3.05) is 11.9 Å². The Morgan fingerprint density at radius 1 is 1.29 bits per heavy atom. The van der Waals surface area contributed by atoms with Gasteiger partial charge in [-0.2, -0.15) is 10.2 Å². The van der Waals surface area contributed by atoms with Gasteiger partial charge in [0.15, 0.2) is 0 Å². The predicted molar refractivity (Wildman–Crippen MR) is 81.5 cm³/mol. The highest BCUT2D eigenvalue weighted by Gasteiger charge is 2.09. The van der Waals surface area contributed by atoms with Crippen molar-refractivity contribution in [3.05, 3.63) is 41.7 Å². The second-order valence-corrected chi connectivity index (χ2v) is 4.88. The zero-order chi connectivity index (χ0) is 15.2. The largest absolute Gasteiger partial charge is 0.439 e. The highest BCUT2D eigenvalue weighted by molar-refractivity contribution is 5.42. The van der Waals surface area contributed by atoms with E-state index in [1.165, 1.54) is 0 Å². The van der Waals surface area contributed by atoms with Crippen LogP contribution in [0.25, 0.3) is 0 Å². The Hall–Kier alpha value is -2.61. The quantitative estimate of drug-likeness (QED) is 0.905. The number of nitrogens with zero attached hydrogens (tertiary/aromatic N) is 3. The first-order valence-electron chi connectivity index (χ1n) is 6.93. The number of nitrogens with one attached hydrogen (secondary N) is 1. The van der Waals surface area contributed by atoms with Crippen molar-refractivity contribution in [3.63, 3.8) is 0 Å². The molecular formula is C16H18N4O. The summed E-state index contributed by atoms with van der Waals surface area (Å²) < 4.78 is 5.76. The molecule has 2 aromatic rings. The van der Waals surface area contributed by atoms with E-state index in [1.54, 1.807) is 30.3 Å². The van der Waals surface area contributed by atoms with Crippen LogP contribution in [0.1, 0.15) is 38.1 Å². The number of nitriles is 1. The molecule has 2 rings (SSSR count). The number of hydrogen-bond donors (Lipinski definition) is 1. The summed E-state index contributed by atoms with van der Waals surface area (Å²) in [5, 5.41) is 12.1. The van der Waals surface area contributed by atoms with E-state index in [9.17, 15) is 0 Å². The van der Waals surface area contributed by atoms with Gasteiger partial charge in [0.25, 0.3) is 0 Å². The molecule has 0 spiro atoms. The Labute approximate surface area is 124 Å². The third kappa shape index (κ3) is 3.93. The zero-order valence-corrected chi connectivity index (χ0v) is 12.4. The molecule has 1 aromatic carbocycles. The van der Waals surface area contributed by atoms with Gasteiger partial charge >= 0.3 is 0 Å². The number of benzene rings is 1. The summed E-state index contributed by atoms with van der Waals surface area (Å²) in [4.78, 5) is 8.85. The Morgan fingerprint density at radius 3 is 2.76 bits per heavy atom. The molecule has 0 unspecified atom stereocenters. The third-order valence-corrected chi connectivity index (χ3v) is 2.78. The number of anilines is 1. The van der Waals surface area contributed by atoms with E-state index in [0.717, 1.165) is 18.2 Å². The lowest BCUT2D eigenvalue weighted by molar-refractivity contribution is 0.457. The molecule has 0 fully saturated rings. The van der Waals surface area contributed by atoms with E-state index in [4.69, 9.17) is 10.00 Å². The third-order valence-electron chi connectivity index (χ3n) is 2.78. The van der Waals surface area contributed by atoms with Crippen LogP contribution in [0.3, 0.4) is 0 Å². The Balaban J connectivity index is 2.31. The van der Waals surface area contributed by atoms with Crippen LogP contribution in [0.15, 0.2) is 30.3 Å². The van der Waals surface area contributed by atoms with Crippen LogP contribution in [0, 0.1) is 11.3 Å². The van der Waals surface area contributed by atoms with Gasteiger partial charge in [-0.15, -0.1) is 0 Å². The maximum absolute atomic E-state index is 8.92. The van der Waals surface area contributed by atoms with Crippen molar-refractivity contribution in [1.29, 1.82) is 5.26 Å². The minimum atomic E-state index is 0.205. The summed E-state index contributed by atoms with van der Waals surface area (Å²) >= 11 is 0. The van der Waals surface area contributed by atoms with Crippen molar-refractivity contribution in [1.82, 2.24) is 9.97 Å². The molecule has 0 bridgehead atoms. The molecule has 5 nitrogen and oxygen atoms in total. The second-order valence-electron chi connectivity index (χ2n) is 4.88. The van der Waals surface area contributed by atoms with E-state index >= 15 is 0 Å². The summed E-state index contributed by atoms with van der Waals surface area (Å²) in [6.07, 6.45) is 0.